The number of anilines is 1. The van der Waals surface area contributed by atoms with Crippen LogP contribution >= 0.6 is 34.2 Å². The lowest BCUT2D eigenvalue weighted by atomic mass is 10.2. The second-order valence-electron chi connectivity index (χ2n) is 5.33. The lowest BCUT2D eigenvalue weighted by Crippen LogP contribution is -2.12. The highest BCUT2D eigenvalue weighted by atomic mass is 127. The van der Waals surface area contributed by atoms with E-state index in [1.165, 1.54) is 0 Å². The van der Waals surface area contributed by atoms with Crippen LogP contribution in [0.15, 0.2) is 72.8 Å². The minimum atomic E-state index is -0.428. The molecule has 0 unspecified atom stereocenters. The van der Waals surface area contributed by atoms with Gasteiger partial charge in [-0.15, -0.1) is 0 Å². The average Bonchev–Trinajstić information content (AvgIpc) is 2.64. The molecule has 0 aliphatic rings. The standard InChI is InChI=1S/C20H13ClINO3/c21-17-7-3-1-5-15(17)19(24)23-13-9-11-14(12-10-13)26-20(25)16-6-2-4-8-18(16)22/h1-12H,(H,23,24). The molecule has 26 heavy (non-hydrogen) atoms. The highest BCUT2D eigenvalue weighted by Crippen LogP contribution is 2.21. The molecule has 0 heterocycles. The monoisotopic (exact) mass is 477 g/mol. The van der Waals surface area contributed by atoms with Gasteiger partial charge in [0.1, 0.15) is 5.75 Å². The van der Waals surface area contributed by atoms with Crippen LogP contribution in [0.1, 0.15) is 20.7 Å². The van der Waals surface area contributed by atoms with Crippen LogP contribution in [-0.4, -0.2) is 11.9 Å². The molecule has 3 rings (SSSR count). The van der Waals surface area contributed by atoms with Crippen molar-refractivity contribution in [3.8, 4) is 5.75 Å². The van der Waals surface area contributed by atoms with E-state index in [-0.39, 0.29) is 5.91 Å². The van der Waals surface area contributed by atoms with E-state index in [0.29, 0.717) is 27.6 Å². The summed E-state index contributed by atoms with van der Waals surface area (Å²) in [5.41, 5.74) is 1.47. The van der Waals surface area contributed by atoms with E-state index in [1.54, 1.807) is 60.7 Å². The molecule has 0 radical (unpaired) electrons. The van der Waals surface area contributed by atoms with Crippen molar-refractivity contribution in [2.24, 2.45) is 0 Å². The highest BCUT2D eigenvalue weighted by Gasteiger charge is 2.13. The third-order valence-corrected chi connectivity index (χ3v) is 4.81. The van der Waals surface area contributed by atoms with Crippen LogP contribution in [0.4, 0.5) is 5.69 Å². The Morgan fingerprint density at radius 1 is 0.846 bits per heavy atom. The molecule has 130 valence electrons. The Morgan fingerprint density at radius 2 is 1.46 bits per heavy atom. The van der Waals surface area contributed by atoms with Gasteiger partial charge < -0.3 is 10.1 Å². The topological polar surface area (TPSA) is 55.4 Å². The van der Waals surface area contributed by atoms with Gasteiger partial charge in [0, 0.05) is 9.26 Å². The number of amides is 1. The average molecular weight is 478 g/mol. The summed E-state index contributed by atoms with van der Waals surface area (Å²) >= 11 is 8.11. The first kappa shape index (κ1) is 18.4. The fraction of sp³-hybridized carbons (Fsp3) is 0. The summed E-state index contributed by atoms with van der Waals surface area (Å²) in [7, 11) is 0. The molecular weight excluding hydrogens is 465 g/mol. The van der Waals surface area contributed by atoms with Crippen molar-refractivity contribution >= 4 is 51.8 Å². The summed E-state index contributed by atoms with van der Waals surface area (Å²) in [6, 6.07) is 20.6. The van der Waals surface area contributed by atoms with Gasteiger partial charge >= 0.3 is 5.97 Å². The van der Waals surface area contributed by atoms with Crippen molar-refractivity contribution in [3.63, 3.8) is 0 Å². The van der Waals surface area contributed by atoms with Crippen LogP contribution in [-0.2, 0) is 0 Å². The third-order valence-electron chi connectivity index (χ3n) is 3.53. The molecule has 0 aliphatic heterocycles. The SMILES string of the molecule is O=C(Nc1ccc(OC(=O)c2ccccc2I)cc1)c1ccccc1Cl. The Morgan fingerprint density at radius 3 is 2.12 bits per heavy atom. The molecule has 1 N–H and O–H groups in total. The van der Waals surface area contributed by atoms with E-state index in [4.69, 9.17) is 16.3 Å². The van der Waals surface area contributed by atoms with Crippen molar-refractivity contribution < 1.29 is 14.3 Å². The summed E-state index contributed by atoms with van der Waals surface area (Å²) in [6.07, 6.45) is 0. The van der Waals surface area contributed by atoms with E-state index >= 15 is 0 Å². The van der Waals surface area contributed by atoms with E-state index in [0.717, 1.165) is 3.57 Å². The van der Waals surface area contributed by atoms with Crippen LogP contribution in [0.3, 0.4) is 0 Å². The zero-order valence-electron chi connectivity index (χ0n) is 13.4. The van der Waals surface area contributed by atoms with Gasteiger partial charge in [0.2, 0.25) is 0 Å². The van der Waals surface area contributed by atoms with Crippen molar-refractivity contribution in [2.75, 3.05) is 5.32 Å². The molecule has 0 bridgehead atoms. The zero-order valence-corrected chi connectivity index (χ0v) is 16.3. The van der Waals surface area contributed by atoms with Crippen LogP contribution in [0.5, 0.6) is 5.75 Å². The Kier molecular flexibility index (Phi) is 5.90. The fourth-order valence-electron chi connectivity index (χ4n) is 2.24. The summed E-state index contributed by atoms with van der Waals surface area (Å²) < 4.78 is 6.19. The Bertz CT molecular complexity index is 879. The fourth-order valence-corrected chi connectivity index (χ4v) is 3.07. The largest absolute Gasteiger partial charge is 0.423 e. The minimum absolute atomic E-state index is 0.306. The molecule has 0 aromatic heterocycles. The number of rotatable bonds is 4. The van der Waals surface area contributed by atoms with Crippen molar-refractivity contribution in [1.82, 2.24) is 0 Å². The first-order chi connectivity index (χ1) is 12.5. The van der Waals surface area contributed by atoms with Crippen LogP contribution in [0.25, 0.3) is 0 Å². The molecule has 3 aromatic carbocycles. The Hall–Kier alpha value is -2.38. The summed E-state index contributed by atoms with van der Waals surface area (Å²) in [4.78, 5) is 24.4. The van der Waals surface area contributed by atoms with Gasteiger partial charge in [0.25, 0.3) is 5.91 Å². The number of hydrogen-bond donors (Lipinski definition) is 1. The molecule has 0 aliphatic carbocycles. The summed E-state index contributed by atoms with van der Waals surface area (Å²) in [5.74, 6) is -0.340. The number of carbonyl (C=O) groups is 2. The van der Waals surface area contributed by atoms with Gasteiger partial charge in [-0.1, -0.05) is 35.9 Å². The van der Waals surface area contributed by atoms with Gasteiger partial charge in [-0.05, 0) is 71.1 Å². The van der Waals surface area contributed by atoms with E-state index in [9.17, 15) is 9.59 Å². The van der Waals surface area contributed by atoms with Crippen molar-refractivity contribution in [2.45, 2.75) is 0 Å². The normalized spacial score (nSPS) is 10.2. The summed E-state index contributed by atoms with van der Waals surface area (Å²) in [6.45, 7) is 0. The number of benzene rings is 3. The first-order valence-electron chi connectivity index (χ1n) is 7.67. The van der Waals surface area contributed by atoms with Crippen LogP contribution < -0.4 is 10.1 Å². The van der Waals surface area contributed by atoms with Gasteiger partial charge in [-0.3, -0.25) is 4.79 Å². The Balaban J connectivity index is 1.67. The smallest absolute Gasteiger partial charge is 0.344 e. The number of halogens is 2. The number of esters is 1. The second-order valence-corrected chi connectivity index (χ2v) is 6.90. The van der Waals surface area contributed by atoms with E-state index in [1.807, 2.05) is 12.1 Å². The molecule has 6 heteroatoms. The molecule has 0 saturated heterocycles. The third kappa shape index (κ3) is 4.42. The van der Waals surface area contributed by atoms with Gasteiger partial charge in [0.15, 0.2) is 0 Å². The predicted molar refractivity (Wildman–Crippen MR) is 110 cm³/mol. The molecule has 0 spiro atoms. The van der Waals surface area contributed by atoms with Crippen molar-refractivity contribution in [3.05, 3.63) is 92.5 Å². The Labute approximate surface area is 169 Å². The molecule has 1 amide bonds. The first-order valence-corrected chi connectivity index (χ1v) is 9.13. The molecule has 0 atom stereocenters. The van der Waals surface area contributed by atoms with Crippen LogP contribution in [0, 0.1) is 3.57 Å². The second kappa shape index (κ2) is 8.33. The highest BCUT2D eigenvalue weighted by molar-refractivity contribution is 14.1. The lowest BCUT2D eigenvalue weighted by Gasteiger charge is -2.09. The number of carbonyl (C=O) groups excluding carboxylic acids is 2. The predicted octanol–water partition coefficient (Wildman–Crippen LogP) is 5.42. The van der Waals surface area contributed by atoms with Gasteiger partial charge in [-0.2, -0.15) is 0 Å². The maximum Gasteiger partial charge on any atom is 0.344 e. The van der Waals surface area contributed by atoms with E-state index in [2.05, 4.69) is 27.9 Å². The number of hydrogen-bond acceptors (Lipinski definition) is 3. The maximum atomic E-state index is 12.2. The van der Waals surface area contributed by atoms with Gasteiger partial charge in [0.05, 0.1) is 16.1 Å². The molecular formula is C20H13ClINO3. The van der Waals surface area contributed by atoms with Crippen LogP contribution in [0.2, 0.25) is 5.02 Å². The maximum absolute atomic E-state index is 12.2. The molecule has 3 aromatic rings. The molecule has 0 fully saturated rings. The van der Waals surface area contributed by atoms with Gasteiger partial charge in [-0.25, -0.2) is 4.79 Å². The van der Waals surface area contributed by atoms with E-state index < -0.39 is 5.97 Å². The van der Waals surface area contributed by atoms with Crippen molar-refractivity contribution in [1.29, 1.82) is 0 Å². The quantitative estimate of drug-likeness (QED) is 0.310. The zero-order chi connectivity index (χ0) is 18.5. The molecule has 4 nitrogen and oxygen atoms in total. The molecule has 0 saturated carbocycles. The minimum Gasteiger partial charge on any atom is -0.423 e. The summed E-state index contributed by atoms with van der Waals surface area (Å²) in [5, 5.41) is 3.14. The number of nitrogens with one attached hydrogen (secondary N) is 1. The number of ether oxygens (including phenoxy) is 1. The lowest BCUT2D eigenvalue weighted by molar-refractivity contribution is 0.0733.